The molecule has 0 fully saturated rings. The van der Waals surface area contributed by atoms with Crippen LogP contribution in [0.3, 0.4) is 0 Å². The van der Waals surface area contributed by atoms with Crippen LogP contribution in [0.15, 0.2) is 121 Å². The van der Waals surface area contributed by atoms with Gasteiger partial charge in [-0.3, -0.25) is 29.0 Å². The molecule has 0 bridgehead atoms. The fraction of sp³-hybridized carbons (Fsp3) is 0.359. The van der Waals surface area contributed by atoms with Crippen molar-refractivity contribution in [1.82, 2.24) is 9.80 Å². The van der Waals surface area contributed by atoms with Gasteiger partial charge >= 0.3 is 47.2 Å². The number of anilines is 4. The summed E-state index contributed by atoms with van der Waals surface area (Å²) in [4.78, 5) is 92.6. The Morgan fingerprint density at radius 3 is 0.661 bits per heavy atom. The van der Waals surface area contributed by atoms with Crippen molar-refractivity contribution in [3.63, 3.8) is 0 Å². The van der Waals surface area contributed by atoms with E-state index < -0.39 is 94.7 Å². The topological polar surface area (TPSA) is 345 Å². The Labute approximate surface area is 652 Å². The van der Waals surface area contributed by atoms with Gasteiger partial charge in [-0.15, -0.1) is 0 Å². The van der Waals surface area contributed by atoms with Gasteiger partial charge in [0.05, 0.1) is 22.3 Å². The maximum absolute atomic E-state index is 16.0. The van der Waals surface area contributed by atoms with E-state index in [9.17, 15) is 19.8 Å². The molecule has 596 valence electrons. The number of imide groups is 2. The molecule has 0 saturated carbocycles. The van der Waals surface area contributed by atoms with Gasteiger partial charge in [-0.25, -0.2) is 9.59 Å². The van der Waals surface area contributed by atoms with Gasteiger partial charge in [-0.1, -0.05) is 27.7 Å². The largest absolute Gasteiger partial charge is 0.501 e. The highest BCUT2D eigenvalue weighted by Crippen LogP contribution is 2.58. The van der Waals surface area contributed by atoms with E-state index >= 15 is 19.2 Å². The fourth-order valence-corrected chi connectivity index (χ4v) is 20.7. The van der Waals surface area contributed by atoms with E-state index in [1.54, 1.807) is 125 Å². The van der Waals surface area contributed by atoms with Crippen molar-refractivity contribution in [2.24, 2.45) is 11.8 Å². The molecule has 4 amide bonds. The van der Waals surface area contributed by atoms with E-state index in [2.05, 4.69) is 21.3 Å². The van der Waals surface area contributed by atoms with Crippen LogP contribution in [0.2, 0.25) is 24.2 Å². The summed E-state index contributed by atoms with van der Waals surface area (Å²) in [5, 5.41) is 36.6. The normalized spacial score (nSPS) is 14.0. The summed E-state index contributed by atoms with van der Waals surface area (Å²) in [7, 11) is 6.29. The average molecular weight is 1610 g/mol. The Bertz CT molecular complexity index is 4320. The first-order chi connectivity index (χ1) is 53.8. The Hall–Kier alpha value is -9.71. The third-order valence-electron chi connectivity index (χ3n) is 20.4. The van der Waals surface area contributed by atoms with Gasteiger partial charge in [0.25, 0.3) is 23.6 Å². The molecular formula is C78H94N6O24Si4. The SMILES string of the molecule is CO[Si](CCNc1ccc(Oc2cc3c4c(cc(Oc5ccc(NCC[Si](OC)(OC)OC)cc5)c5c6c(Oc7ccc(NCC[Si](OC)(OC)OC)cc7)cc7c8c(cc(Oc9ccc(NCC[Si](OC)(OC)OC)cc9)c(c2c45)c86)C(=O)N(C(C(=O)O)C(C)C)C7=O)C(=O)N(C(C(=O)O)C(C)C)C3=O)cc1)(OC)OC. The molecule has 30 nitrogen and oxygen atoms in total. The number of nitrogens with one attached hydrogen (secondary N) is 4. The maximum Gasteiger partial charge on any atom is 0.501 e. The molecule has 11 rings (SSSR count). The number of benzene rings is 9. The van der Waals surface area contributed by atoms with E-state index in [4.69, 9.17) is 72.1 Å². The lowest BCUT2D eigenvalue weighted by atomic mass is 9.80. The molecule has 34 heteroatoms. The molecule has 2 atom stereocenters. The number of ether oxygens (including phenoxy) is 4. The van der Waals surface area contributed by atoms with Crippen molar-refractivity contribution >= 4 is 137 Å². The van der Waals surface area contributed by atoms with Gasteiger partial charge < -0.3 is 104 Å². The molecule has 0 aromatic heterocycles. The summed E-state index contributed by atoms with van der Waals surface area (Å²) in [6.45, 7) is 7.88. The Balaban J connectivity index is 1.25. The first kappa shape index (κ1) is 83.2. The molecule has 0 radical (unpaired) electrons. The number of carboxylic acids is 2. The average Bonchev–Trinajstić information content (AvgIpc) is 0.670. The second kappa shape index (κ2) is 35.1. The predicted octanol–water partition coefficient (Wildman–Crippen LogP) is 13.5. The molecule has 2 aliphatic rings. The molecule has 9 aromatic rings. The second-order valence-electron chi connectivity index (χ2n) is 27.1. The van der Waals surface area contributed by atoms with Gasteiger partial charge in [0, 0.05) is 202 Å². The third kappa shape index (κ3) is 16.3. The summed E-state index contributed by atoms with van der Waals surface area (Å²) in [5.41, 5.74) is 2.03. The Kier molecular flexibility index (Phi) is 26.1. The van der Waals surface area contributed by atoms with Crippen molar-refractivity contribution in [3.05, 3.63) is 144 Å². The zero-order valence-electron chi connectivity index (χ0n) is 65.3. The molecule has 0 aliphatic carbocycles. The van der Waals surface area contributed by atoms with Crippen molar-refractivity contribution in [2.45, 2.75) is 64.0 Å². The lowest BCUT2D eigenvalue weighted by Gasteiger charge is -2.36. The highest BCUT2D eigenvalue weighted by molar-refractivity contribution is 6.62. The van der Waals surface area contributed by atoms with Crippen LogP contribution in [-0.2, 0) is 62.7 Å². The predicted molar refractivity (Wildman–Crippen MR) is 428 cm³/mol. The minimum absolute atomic E-state index is 0.0416. The monoisotopic (exact) mass is 1610 g/mol. The minimum Gasteiger partial charge on any atom is -0.480 e. The molecule has 2 unspecified atom stereocenters. The maximum atomic E-state index is 16.0. The fourth-order valence-electron chi connectivity index (χ4n) is 14.5. The van der Waals surface area contributed by atoms with Crippen LogP contribution >= 0.6 is 0 Å². The third-order valence-corrected chi connectivity index (χ3v) is 31.3. The first-order valence-electron chi connectivity index (χ1n) is 36.0. The van der Waals surface area contributed by atoms with E-state index in [0.717, 1.165) is 9.80 Å². The molecule has 2 aliphatic heterocycles. The quantitative estimate of drug-likeness (QED) is 0.00895. The number of hydrogen-bond acceptors (Lipinski definition) is 26. The molecule has 6 N–H and O–H groups in total. The highest BCUT2D eigenvalue weighted by atomic mass is 28.4. The van der Waals surface area contributed by atoms with Crippen LogP contribution in [0.5, 0.6) is 46.0 Å². The lowest BCUT2D eigenvalue weighted by molar-refractivity contribution is -0.144. The molecule has 0 spiro atoms. The van der Waals surface area contributed by atoms with Crippen LogP contribution < -0.4 is 40.2 Å². The van der Waals surface area contributed by atoms with E-state index in [-0.39, 0.29) is 111 Å². The lowest BCUT2D eigenvalue weighted by Crippen LogP contribution is -2.53. The smallest absolute Gasteiger partial charge is 0.480 e. The van der Waals surface area contributed by atoms with E-state index in [1.807, 2.05) is 0 Å². The number of fused-ring (bicyclic) bond motifs is 2. The van der Waals surface area contributed by atoms with Crippen molar-refractivity contribution < 1.29 is 111 Å². The number of amides is 4. The van der Waals surface area contributed by atoms with Crippen LogP contribution in [0.4, 0.5) is 22.7 Å². The summed E-state index contributed by atoms with van der Waals surface area (Å²) in [6.07, 6.45) is 0. The summed E-state index contributed by atoms with van der Waals surface area (Å²) < 4.78 is 97.0. The van der Waals surface area contributed by atoms with E-state index in [1.165, 1.54) is 110 Å². The van der Waals surface area contributed by atoms with Crippen molar-refractivity contribution in [1.29, 1.82) is 0 Å². The molecule has 112 heavy (non-hydrogen) atoms. The number of rotatable bonds is 42. The van der Waals surface area contributed by atoms with Gasteiger partial charge in [0.1, 0.15) is 58.1 Å². The summed E-state index contributed by atoms with van der Waals surface area (Å²) in [5.74, 6) is -7.83. The number of aliphatic carboxylic acids is 2. The molecule has 0 saturated heterocycles. The number of nitrogens with zero attached hydrogens (tertiary/aromatic N) is 2. The number of carbonyl (C=O) groups excluding carboxylic acids is 4. The number of hydrogen-bond donors (Lipinski definition) is 6. The standard InChI is InChI=1S/C78H94N6O24Si4/c1-45(2)71(77(89)90)83-73(85)55-41-59(105-51-25-17-47(18-26-51)79-33-37-109(93-5,94-6)95-7)65-67-61(107-53-29-21-49(22-30-53)81-35-39-111(99-11,100-12)101-13)43-57-64-58(76(88)84(75(57)87)72(46(3)4)78(91)92)44-62(108-54-31-23-50(24-32-54)82-36-40-112(102-14,103-15)104-16)68(70(64)67)66-60(42-56(74(83)86)63(55)69(65)66)106-52-27-19-48(20-28-52)80-34-38-110(96-8,97-9)98-10/h17-32,41-46,71-72,79-82H,33-40H2,1-16H3,(H,89,90)(H,91,92). The Morgan fingerprint density at radius 1 is 0.312 bits per heavy atom. The van der Waals surface area contributed by atoms with Crippen molar-refractivity contribution in [2.75, 3.05) is 133 Å². The zero-order valence-corrected chi connectivity index (χ0v) is 69.3. The summed E-state index contributed by atoms with van der Waals surface area (Å²) in [6, 6.07) is 31.6. The van der Waals surface area contributed by atoms with Crippen molar-refractivity contribution in [3.8, 4) is 46.0 Å². The number of carboxylic acid groups (broad SMARTS) is 2. The van der Waals surface area contributed by atoms with Crippen LogP contribution in [0.1, 0.15) is 69.1 Å². The van der Waals surface area contributed by atoms with E-state index in [0.29, 0.717) is 73.1 Å². The Morgan fingerprint density at radius 2 is 0.500 bits per heavy atom. The minimum atomic E-state index is -3.01. The van der Waals surface area contributed by atoms with Gasteiger partial charge in [-0.05, 0) is 133 Å². The first-order valence-corrected chi connectivity index (χ1v) is 43.8. The number of carbonyl (C=O) groups is 6. The van der Waals surface area contributed by atoms with Gasteiger partial charge in [-0.2, -0.15) is 0 Å². The second-order valence-corrected chi connectivity index (χ2v) is 39.5. The highest BCUT2D eigenvalue weighted by Gasteiger charge is 2.48. The molecular weight excluding hydrogens is 1520 g/mol. The van der Waals surface area contributed by atoms with Gasteiger partial charge in [0.15, 0.2) is 0 Å². The summed E-state index contributed by atoms with van der Waals surface area (Å²) >= 11 is 0. The van der Waals surface area contributed by atoms with Gasteiger partial charge in [0.2, 0.25) is 0 Å². The van der Waals surface area contributed by atoms with Crippen LogP contribution in [-0.4, -0.2) is 214 Å². The zero-order chi connectivity index (χ0) is 80.7. The molecule has 9 aromatic carbocycles. The van der Waals surface area contributed by atoms with Crippen LogP contribution in [0, 0.1) is 11.8 Å². The van der Waals surface area contributed by atoms with Crippen LogP contribution in [0.25, 0.3) is 43.1 Å². The molecule has 2 heterocycles.